The molecule has 0 N–H and O–H groups in total. The third kappa shape index (κ3) is 3.84. The Morgan fingerprint density at radius 1 is 1.14 bits per heavy atom. The molecule has 1 fully saturated rings. The highest BCUT2D eigenvalue weighted by atomic mass is 16.5. The summed E-state index contributed by atoms with van der Waals surface area (Å²) in [6.07, 6.45) is 5.26. The van der Waals surface area contributed by atoms with Gasteiger partial charge < -0.3 is 9.47 Å². The standard InChI is InChI=1S/C16H19NO4/c1-20-13-9-12(10-14(11-13)21-2)6-7-16(19)17-8-4-3-5-15(17)18/h6-7,9-11H,3-5,8H2,1-2H3/b7-6+. The van der Waals surface area contributed by atoms with Gasteiger partial charge >= 0.3 is 0 Å². The van der Waals surface area contributed by atoms with Crippen molar-refractivity contribution in [3.05, 3.63) is 29.8 Å². The first-order chi connectivity index (χ1) is 10.1. The lowest BCUT2D eigenvalue weighted by Gasteiger charge is -2.23. The van der Waals surface area contributed by atoms with E-state index in [2.05, 4.69) is 0 Å². The van der Waals surface area contributed by atoms with E-state index in [1.807, 2.05) is 0 Å². The van der Waals surface area contributed by atoms with Crippen molar-refractivity contribution >= 4 is 17.9 Å². The molecule has 0 aliphatic carbocycles. The first-order valence-electron chi connectivity index (χ1n) is 6.89. The molecule has 2 rings (SSSR count). The third-order valence-electron chi connectivity index (χ3n) is 3.38. The number of ether oxygens (including phenoxy) is 2. The van der Waals surface area contributed by atoms with Crippen LogP contribution in [0, 0.1) is 0 Å². The lowest BCUT2D eigenvalue weighted by Crippen LogP contribution is -2.39. The van der Waals surface area contributed by atoms with Gasteiger partial charge in [-0.2, -0.15) is 0 Å². The topological polar surface area (TPSA) is 55.8 Å². The van der Waals surface area contributed by atoms with Crippen LogP contribution < -0.4 is 9.47 Å². The molecule has 5 heteroatoms. The summed E-state index contributed by atoms with van der Waals surface area (Å²) in [5.74, 6) is 0.923. The molecule has 2 amide bonds. The number of methoxy groups -OCH3 is 2. The van der Waals surface area contributed by atoms with E-state index in [0.29, 0.717) is 24.5 Å². The SMILES string of the molecule is COc1cc(/C=C/C(=O)N2CCCCC2=O)cc(OC)c1. The largest absolute Gasteiger partial charge is 0.497 e. The molecular weight excluding hydrogens is 270 g/mol. The molecule has 1 saturated heterocycles. The van der Waals surface area contributed by atoms with E-state index in [1.54, 1.807) is 38.5 Å². The smallest absolute Gasteiger partial charge is 0.253 e. The van der Waals surface area contributed by atoms with Crippen LogP contribution in [0.15, 0.2) is 24.3 Å². The van der Waals surface area contributed by atoms with Gasteiger partial charge in [0, 0.05) is 25.1 Å². The average Bonchev–Trinajstić information content (AvgIpc) is 2.52. The molecule has 0 radical (unpaired) electrons. The van der Waals surface area contributed by atoms with E-state index < -0.39 is 0 Å². The highest BCUT2D eigenvalue weighted by Crippen LogP contribution is 2.23. The second kappa shape index (κ2) is 6.92. The number of rotatable bonds is 4. The van der Waals surface area contributed by atoms with Crippen LogP contribution in [0.3, 0.4) is 0 Å². The van der Waals surface area contributed by atoms with Crippen molar-refractivity contribution in [3.8, 4) is 11.5 Å². The minimum atomic E-state index is -0.276. The molecule has 1 heterocycles. The van der Waals surface area contributed by atoms with Crippen molar-refractivity contribution in [2.24, 2.45) is 0 Å². The van der Waals surface area contributed by atoms with Gasteiger partial charge in [-0.1, -0.05) is 0 Å². The molecule has 1 aliphatic heterocycles. The zero-order valence-corrected chi connectivity index (χ0v) is 12.3. The molecule has 5 nitrogen and oxygen atoms in total. The molecule has 112 valence electrons. The number of hydrogen-bond donors (Lipinski definition) is 0. The van der Waals surface area contributed by atoms with Crippen LogP contribution in [-0.2, 0) is 9.59 Å². The Labute approximate surface area is 124 Å². The Morgan fingerprint density at radius 3 is 2.38 bits per heavy atom. The summed E-state index contributed by atoms with van der Waals surface area (Å²) in [6.45, 7) is 0.503. The lowest BCUT2D eigenvalue weighted by molar-refractivity contribution is -0.143. The molecule has 1 aromatic carbocycles. The van der Waals surface area contributed by atoms with Gasteiger partial charge in [0.1, 0.15) is 11.5 Å². The van der Waals surface area contributed by atoms with E-state index in [9.17, 15) is 9.59 Å². The Morgan fingerprint density at radius 2 is 1.81 bits per heavy atom. The quantitative estimate of drug-likeness (QED) is 0.798. The summed E-state index contributed by atoms with van der Waals surface area (Å²) in [4.78, 5) is 25.0. The van der Waals surface area contributed by atoms with Crippen LogP contribution in [0.4, 0.5) is 0 Å². The maximum absolute atomic E-state index is 12.0. The van der Waals surface area contributed by atoms with Gasteiger partial charge in [0.2, 0.25) is 5.91 Å². The van der Waals surface area contributed by atoms with Crippen molar-refractivity contribution in [3.63, 3.8) is 0 Å². The Hall–Kier alpha value is -2.30. The summed E-state index contributed by atoms with van der Waals surface area (Å²) in [5.41, 5.74) is 0.781. The summed E-state index contributed by atoms with van der Waals surface area (Å²) in [7, 11) is 3.14. The molecular formula is C16H19NO4. The predicted octanol–water partition coefficient (Wildman–Crippen LogP) is 2.26. The molecule has 1 aliphatic rings. The summed E-state index contributed by atoms with van der Waals surface area (Å²) < 4.78 is 10.3. The minimum absolute atomic E-state index is 0.0980. The molecule has 0 unspecified atom stereocenters. The van der Waals surface area contributed by atoms with Gasteiger partial charge in [0.05, 0.1) is 14.2 Å². The molecule has 21 heavy (non-hydrogen) atoms. The van der Waals surface area contributed by atoms with Crippen LogP contribution in [0.1, 0.15) is 24.8 Å². The van der Waals surface area contributed by atoms with Crippen LogP contribution in [0.25, 0.3) is 6.08 Å². The minimum Gasteiger partial charge on any atom is -0.497 e. The monoisotopic (exact) mass is 289 g/mol. The van der Waals surface area contributed by atoms with Gasteiger partial charge in [-0.3, -0.25) is 14.5 Å². The fourth-order valence-corrected chi connectivity index (χ4v) is 2.22. The fourth-order valence-electron chi connectivity index (χ4n) is 2.22. The number of likely N-dealkylation sites (tertiary alicyclic amines) is 1. The molecule has 0 spiro atoms. The maximum atomic E-state index is 12.0. The lowest BCUT2D eigenvalue weighted by atomic mass is 10.1. The highest BCUT2D eigenvalue weighted by molar-refractivity contribution is 6.03. The first-order valence-corrected chi connectivity index (χ1v) is 6.89. The average molecular weight is 289 g/mol. The van der Waals surface area contributed by atoms with Crippen LogP contribution in [0.2, 0.25) is 0 Å². The van der Waals surface area contributed by atoms with E-state index in [1.165, 1.54) is 11.0 Å². The summed E-state index contributed by atoms with van der Waals surface area (Å²) >= 11 is 0. The normalized spacial score (nSPS) is 15.3. The number of piperidine rings is 1. The van der Waals surface area contributed by atoms with E-state index in [4.69, 9.17) is 9.47 Å². The number of nitrogens with zero attached hydrogens (tertiary/aromatic N) is 1. The van der Waals surface area contributed by atoms with Gasteiger partial charge in [0.25, 0.3) is 5.91 Å². The van der Waals surface area contributed by atoms with E-state index in [-0.39, 0.29) is 11.8 Å². The number of amides is 2. The molecule has 0 bridgehead atoms. The summed E-state index contributed by atoms with van der Waals surface area (Å²) in [6, 6.07) is 5.35. The van der Waals surface area contributed by atoms with Crippen molar-refractivity contribution < 1.29 is 19.1 Å². The molecule has 1 aromatic rings. The van der Waals surface area contributed by atoms with Crippen molar-refractivity contribution in [1.29, 1.82) is 0 Å². The number of carbonyl (C=O) groups excluding carboxylic acids is 2. The van der Waals surface area contributed by atoms with Crippen molar-refractivity contribution in [2.75, 3.05) is 20.8 Å². The van der Waals surface area contributed by atoms with Crippen LogP contribution >= 0.6 is 0 Å². The Bertz CT molecular complexity index is 543. The van der Waals surface area contributed by atoms with Gasteiger partial charge in [-0.25, -0.2) is 0 Å². The van der Waals surface area contributed by atoms with Crippen molar-refractivity contribution in [2.45, 2.75) is 19.3 Å². The third-order valence-corrected chi connectivity index (χ3v) is 3.38. The zero-order chi connectivity index (χ0) is 15.2. The number of benzene rings is 1. The zero-order valence-electron chi connectivity index (χ0n) is 12.3. The first kappa shape index (κ1) is 15.1. The Balaban J connectivity index is 2.12. The van der Waals surface area contributed by atoms with E-state index in [0.717, 1.165) is 18.4 Å². The van der Waals surface area contributed by atoms with Crippen LogP contribution in [-0.4, -0.2) is 37.5 Å². The predicted molar refractivity (Wildman–Crippen MR) is 79.2 cm³/mol. The van der Waals surface area contributed by atoms with Gasteiger partial charge in [-0.15, -0.1) is 0 Å². The van der Waals surface area contributed by atoms with Crippen LogP contribution in [0.5, 0.6) is 11.5 Å². The van der Waals surface area contributed by atoms with Gasteiger partial charge in [-0.05, 0) is 36.6 Å². The summed E-state index contributed by atoms with van der Waals surface area (Å²) in [5, 5.41) is 0. The second-order valence-corrected chi connectivity index (χ2v) is 4.82. The number of hydrogen-bond acceptors (Lipinski definition) is 4. The fraction of sp³-hybridized carbons (Fsp3) is 0.375. The number of imide groups is 1. The van der Waals surface area contributed by atoms with E-state index >= 15 is 0 Å². The molecule has 0 saturated carbocycles. The Kier molecular flexibility index (Phi) is 4.98. The number of carbonyl (C=O) groups is 2. The highest BCUT2D eigenvalue weighted by Gasteiger charge is 2.22. The molecule has 0 atom stereocenters. The second-order valence-electron chi connectivity index (χ2n) is 4.82. The van der Waals surface area contributed by atoms with Crippen molar-refractivity contribution in [1.82, 2.24) is 4.90 Å². The molecule has 0 aromatic heterocycles. The van der Waals surface area contributed by atoms with Gasteiger partial charge in [0.15, 0.2) is 0 Å². The maximum Gasteiger partial charge on any atom is 0.253 e.